The highest BCUT2D eigenvalue weighted by atomic mass is 32.1. The second-order valence-corrected chi connectivity index (χ2v) is 5.47. The number of amides is 2. The average molecular weight is 326 g/mol. The van der Waals surface area contributed by atoms with Crippen molar-refractivity contribution in [3.05, 3.63) is 52.2 Å². The number of halogens is 2. The fourth-order valence-corrected chi connectivity index (χ4v) is 2.43. The van der Waals surface area contributed by atoms with Crippen molar-refractivity contribution in [2.24, 2.45) is 0 Å². The summed E-state index contributed by atoms with van der Waals surface area (Å²) in [4.78, 5) is 12.7. The molecule has 0 saturated heterocycles. The van der Waals surface area contributed by atoms with Gasteiger partial charge in [0, 0.05) is 17.5 Å². The van der Waals surface area contributed by atoms with E-state index in [1.165, 1.54) is 10.9 Å². The van der Waals surface area contributed by atoms with E-state index >= 15 is 0 Å². The Balaban J connectivity index is 1.57. The van der Waals surface area contributed by atoms with Crippen molar-refractivity contribution in [1.82, 2.24) is 10.6 Å². The van der Waals surface area contributed by atoms with Gasteiger partial charge in [0.15, 0.2) is 11.6 Å². The van der Waals surface area contributed by atoms with E-state index < -0.39 is 11.6 Å². The molecule has 1 heterocycles. The van der Waals surface area contributed by atoms with Crippen LogP contribution < -0.4 is 15.4 Å². The van der Waals surface area contributed by atoms with Gasteiger partial charge in [-0.15, -0.1) is 11.3 Å². The summed E-state index contributed by atoms with van der Waals surface area (Å²) in [5.74, 6) is -1.66. The molecule has 0 radical (unpaired) electrons. The Hall–Kier alpha value is -2.15. The van der Waals surface area contributed by atoms with Crippen LogP contribution in [0.2, 0.25) is 0 Å². The molecule has 0 bridgehead atoms. The van der Waals surface area contributed by atoms with E-state index in [0.29, 0.717) is 6.54 Å². The minimum absolute atomic E-state index is 0.170. The van der Waals surface area contributed by atoms with Crippen molar-refractivity contribution in [3.8, 4) is 5.75 Å². The molecule has 2 N–H and O–H groups in total. The normalized spacial score (nSPS) is 10.3. The summed E-state index contributed by atoms with van der Waals surface area (Å²) in [5.41, 5.74) is 0. The van der Waals surface area contributed by atoms with Crippen LogP contribution in [0.4, 0.5) is 13.6 Å². The van der Waals surface area contributed by atoms with Gasteiger partial charge in [0.1, 0.15) is 12.4 Å². The van der Waals surface area contributed by atoms with Gasteiger partial charge in [-0.2, -0.15) is 0 Å². The van der Waals surface area contributed by atoms with Crippen molar-refractivity contribution in [2.75, 3.05) is 19.7 Å². The highest BCUT2D eigenvalue weighted by Crippen LogP contribution is 2.14. The molecular weight excluding hydrogens is 310 g/mol. The van der Waals surface area contributed by atoms with Crippen LogP contribution in [0.1, 0.15) is 4.88 Å². The van der Waals surface area contributed by atoms with Gasteiger partial charge < -0.3 is 15.4 Å². The molecule has 0 spiro atoms. The summed E-state index contributed by atoms with van der Waals surface area (Å²) in [6, 6.07) is 6.99. The molecule has 2 aromatic rings. The molecule has 0 aliphatic carbocycles. The monoisotopic (exact) mass is 326 g/mol. The third-order valence-electron chi connectivity index (χ3n) is 2.78. The maximum absolute atomic E-state index is 12.9. The second kappa shape index (κ2) is 8.33. The minimum Gasteiger partial charge on any atom is -0.492 e. The Labute approximate surface area is 131 Å². The fourth-order valence-electron chi connectivity index (χ4n) is 1.72. The zero-order valence-electron chi connectivity index (χ0n) is 11.8. The summed E-state index contributed by atoms with van der Waals surface area (Å²) in [5, 5.41) is 7.34. The number of carbonyl (C=O) groups is 1. The van der Waals surface area contributed by atoms with Crippen LogP contribution in [-0.2, 0) is 6.42 Å². The van der Waals surface area contributed by atoms with Crippen LogP contribution in [0.3, 0.4) is 0 Å². The van der Waals surface area contributed by atoms with Crippen LogP contribution in [0.5, 0.6) is 5.75 Å². The van der Waals surface area contributed by atoms with Gasteiger partial charge in [-0.3, -0.25) is 0 Å². The number of hydrogen-bond acceptors (Lipinski definition) is 3. The second-order valence-electron chi connectivity index (χ2n) is 4.44. The maximum atomic E-state index is 12.9. The lowest BCUT2D eigenvalue weighted by Gasteiger charge is -2.09. The van der Waals surface area contributed by atoms with Crippen molar-refractivity contribution in [1.29, 1.82) is 0 Å². The highest BCUT2D eigenvalue weighted by molar-refractivity contribution is 7.09. The van der Waals surface area contributed by atoms with Crippen molar-refractivity contribution >= 4 is 17.4 Å². The van der Waals surface area contributed by atoms with Crippen LogP contribution in [0.25, 0.3) is 0 Å². The minimum atomic E-state index is -0.961. The number of ether oxygens (including phenoxy) is 1. The van der Waals surface area contributed by atoms with E-state index in [1.54, 1.807) is 11.3 Å². The molecule has 0 unspecified atom stereocenters. The number of benzene rings is 1. The lowest BCUT2D eigenvalue weighted by Crippen LogP contribution is -2.38. The first kappa shape index (κ1) is 16.2. The van der Waals surface area contributed by atoms with Gasteiger partial charge in [0.2, 0.25) is 0 Å². The molecule has 2 amide bonds. The van der Waals surface area contributed by atoms with E-state index in [-0.39, 0.29) is 24.9 Å². The molecule has 7 heteroatoms. The summed E-state index contributed by atoms with van der Waals surface area (Å²) >= 11 is 1.65. The van der Waals surface area contributed by atoms with Gasteiger partial charge in [0.25, 0.3) is 0 Å². The Morgan fingerprint density at radius 3 is 2.68 bits per heavy atom. The Morgan fingerprint density at radius 1 is 1.14 bits per heavy atom. The molecule has 118 valence electrons. The van der Waals surface area contributed by atoms with Crippen LogP contribution >= 0.6 is 11.3 Å². The van der Waals surface area contributed by atoms with Crippen molar-refractivity contribution in [3.63, 3.8) is 0 Å². The third kappa shape index (κ3) is 5.33. The predicted octanol–water partition coefficient (Wildman–Crippen LogP) is 2.95. The highest BCUT2D eigenvalue weighted by Gasteiger charge is 2.04. The molecule has 0 aliphatic heterocycles. The fraction of sp³-hybridized carbons (Fsp3) is 0.267. The Kier molecular flexibility index (Phi) is 6.14. The number of rotatable bonds is 7. The number of thiophene rings is 1. The van der Waals surface area contributed by atoms with Crippen LogP contribution in [-0.4, -0.2) is 25.7 Å². The van der Waals surface area contributed by atoms with Crippen LogP contribution in [0.15, 0.2) is 35.7 Å². The van der Waals surface area contributed by atoms with Crippen LogP contribution in [0, 0.1) is 11.6 Å². The molecule has 1 aromatic heterocycles. The van der Waals surface area contributed by atoms with Crippen molar-refractivity contribution < 1.29 is 18.3 Å². The van der Waals surface area contributed by atoms with Gasteiger partial charge in [-0.25, -0.2) is 13.6 Å². The molecule has 22 heavy (non-hydrogen) atoms. The first-order chi connectivity index (χ1) is 10.6. The summed E-state index contributed by atoms with van der Waals surface area (Å²) in [6.45, 7) is 0.990. The maximum Gasteiger partial charge on any atom is 0.314 e. The molecule has 1 aromatic carbocycles. The van der Waals surface area contributed by atoms with E-state index in [9.17, 15) is 13.6 Å². The molecule has 0 atom stereocenters. The number of nitrogens with one attached hydrogen (secondary N) is 2. The lowest BCUT2D eigenvalue weighted by atomic mass is 10.3. The third-order valence-corrected chi connectivity index (χ3v) is 3.72. The van der Waals surface area contributed by atoms with E-state index in [2.05, 4.69) is 10.6 Å². The van der Waals surface area contributed by atoms with E-state index in [0.717, 1.165) is 18.6 Å². The molecule has 0 fully saturated rings. The van der Waals surface area contributed by atoms with Crippen molar-refractivity contribution in [2.45, 2.75) is 6.42 Å². The number of urea groups is 1. The average Bonchev–Trinajstić information content (AvgIpc) is 3.00. The summed E-state index contributed by atoms with van der Waals surface area (Å²) in [6.07, 6.45) is 0.788. The number of carbonyl (C=O) groups excluding carboxylic acids is 1. The summed E-state index contributed by atoms with van der Waals surface area (Å²) < 4.78 is 30.9. The van der Waals surface area contributed by atoms with E-state index in [4.69, 9.17) is 4.74 Å². The lowest BCUT2D eigenvalue weighted by molar-refractivity contribution is 0.236. The first-order valence-corrected chi connectivity index (χ1v) is 7.65. The zero-order valence-corrected chi connectivity index (χ0v) is 12.6. The predicted molar refractivity (Wildman–Crippen MR) is 81.3 cm³/mol. The first-order valence-electron chi connectivity index (χ1n) is 6.77. The molecule has 2 rings (SSSR count). The number of hydrogen-bond donors (Lipinski definition) is 2. The molecule has 4 nitrogen and oxygen atoms in total. The molecule has 0 aliphatic rings. The summed E-state index contributed by atoms with van der Waals surface area (Å²) in [7, 11) is 0. The van der Waals surface area contributed by atoms with E-state index in [1.807, 2.05) is 17.5 Å². The largest absolute Gasteiger partial charge is 0.492 e. The molecule has 0 saturated carbocycles. The van der Waals surface area contributed by atoms with Gasteiger partial charge in [0.05, 0.1) is 6.54 Å². The van der Waals surface area contributed by atoms with Gasteiger partial charge in [-0.05, 0) is 30.0 Å². The zero-order chi connectivity index (χ0) is 15.8. The standard InChI is InChI=1S/C15H16F2N2O2S/c16-13-4-3-11(10-14(13)17)21-8-7-19-15(20)18-6-5-12-2-1-9-22-12/h1-4,9-10H,5-8H2,(H2,18,19,20). The smallest absolute Gasteiger partial charge is 0.314 e. The van der Waals surface area contributed by atoms with Gasteiger partial charge in [-0.1, -0.05) is 6.07 Å². The quantitative estimate of drug-likeness (QED) is 0.769. The Morgan fingerprint density at radius 2 is 1.95 bits per heavy atom. The van der Waals surface area contributed by atoms with Gasteiger partial charge >= 0.3 is 6.03 Å². The Bertz CT molecular complexity index is 606. The SMILES string of the molecule is O=C(NCCOc1ccc(F)c(F)c1)NCCc1cccs1. The topological polar surface area (TPSA) is 50.4 Å². The molecular formula is C15H16F2N2O2S.